The Balaban J connectivity index is 1.96. The van der Waals surface area contributed by atoms with Crippen LogP contribution in [0.5, 0.6) is 11.5 Å². The van der Waals surface area contributed by atoms with Crippen molar-refractivity contribution in [3.05, 3.63) is 47.4 Å². The molecule has 29 heavy (non-hydrogen) atoms. The highest BCUT2D eigenvalue weighted by atomic mass is 19.1. The first-order valence-electron chi connectivity index (χ1n) is 9.42. The first kappa shape index (κ1) is 19.0. The predicted molar refractivity (Wildman–Crippen MR) is 110 cm³/mol. The Bertz CT molecular complexity index is 1130. The Morgan fingerprint density at radius 2 is 1.90 bits per heavy atom. The quantitative estimate of drug-likeness (QED) is 0.706. The lowest BCUT2D eigenvalue weighted by molar-refractivity contribution is 0.0779. The average molecular weight is 395 g/mol. The maximum absolute atomic E-state index is 15.0. The van der Waals surface area contributed by atoms with E-state index in [2.05, 4.69) is 4.98 Å². The summed E-state index contributed by atoms with van der Waals surface area (Å²) in [4.78, 5) is 19.1. The second-order valence-corrected chi connectivity index (χ2v) is 6.96. The molecule has 0 radical (unpaired) electrons. The fourth-order valence-electron chi connectivity index (χ4n) is 3.86. The molecule has 0 unspecified atom stereocenters. The van der Waals surface area contributed by atoms with Crippen LogP contribution < -0.4 is 15.2 Å². The van der Waals surface area contributed by atoms with Crippen LogP contribution in [0.4, 0.5) is 10.1 Å². The van der Waals surface area contributed by atoms with Crippen molar-refractivity contribution in [2.75, 3.05) is 26.5 Å². The Morgan fingerprint density at radius 1 is 1.14 bits per heavy atom. The van der Waals surface area contributed by atoms with Crippen molar-refractivity contribution in [3.8, 4) is 22.6 Å². The van der Waals surface area contributed by atoms with Gasteiger partial charge in [0.15, 0.2) is 11.5 Å². The van der Waals surface area contributed by atoms with E-state index in [1.807, 2.05) is 6.92 Å². The number of fused-ring (bicyclic) bond motifs is 2. The Morgan fingerprint density at radius 3 is 2.59 bits per heavy atom. The molecule has 0 bridgehead atoms. The summed E-state index contributed by atoms with van der Waals surface area (Å²) in [6.45, 7) is 3.01. The first-order chi connectivity index (χ1) is 14.0. The number of anilines is 1. The highest BCUT2D eigenvalue weighted by molar-refractivity contribution is 6.11. The van der Waals surface area contributed by atoms with Crippen LogP contribution in [-0.4, -0.2) is 36.6 Å². The Hall–Kier alpha value is -3.35. The second-order valence-electron chi connectivity index (χ2n) is 6.96. The van der Waals surface area contributed by atoms with Gasteiger partial charge in [0.25, 0.3) is 5.91 Å². The third-order valence-electron chi connectivity index (χ3n) is 5.23. The van der Waals surface area contributed by atoms with Crippen LogP contribution in [0.3, 0.4) is 0 Å². The van der Waals surface area contributed by atoms with Gasteiger partial charge in [-0.1, -0.05) is 13.0 Å². The van der Waals surface area contributed by atoms with Crippen molar-refractivity contribution in [1.29, 1.82) is 0 Å². The molecule has 0 fully saturated rings. The van der Waals surface area contributed by atoms with E-state index in [1.165, 1.54) is 13.2 Å². The zero-order valence-corrected chi connectivity index (χ0v) is 16.6. The van der Waals surface area contributed by atoms with Gasteiger partial charge in [-0.05, 0) is 36.2 Å². The molecule has 0 saturated heterocycles. The largest absolute Gasteiger partial charge is 0.493 e. The molecular formula is C22H22FN3O3. The molecule has 1 aromatic heterocycles. The van der Waals surface area contributed by atoms with Crippen LogP contribution in [-0.2, 0) is 6.54 Å². The van der Waals surface area contributed by atoms with Crippen molar-refractivity contribution in [2.24, 2.45) is 0 Å². The molecule has 0 atom stereocenters. The molecule has 4 rings (SSSR count). The van der Waals surface area contributed by atoms with Crippen LogP contribution in [0.15, 0.2) is 30.3 Å². The number of amides is 1. The highest BCUT2D eigenvalue weighted by Gasteiger charge is 2.32. The van der Waals surface area contributed by atoms with E-state index in [0.29, 0.717) is 63.6 Å². The normalized spacial score (nSPS) is 13.1. The fraction of sp³-hybridized carbons (Fsp3) is 0.273. The molecule has 0 saturated carbocycles. The van der Waals surface area contributed by atoms with E-state index in [-0.39, 0.29) is 5.91 Å². The standard InChI is InChI=1S/C22H22FN3O3/c1-4-9-26-11-15-19(22(26)27)20(24)13-6-7-14(23)18(21(13)25-15)12-5-8-16(28-2)17(10-12)29-3/h5-8,10H,4,9,11H2,1-3H3,(H2,24,25). The van der Waals surface area contributed by atoms with Gasteiger partial charge in [-0.25, -0.2) is 9.37 Å². The lowest BCUT2D eigenvalue weighted by atomic mass is 9.98. The Kier molecular flexibility index (Phi) is 4.74. The van der Waals surface area contributed by atoms with Gasteiger partial charge >= 0.3 is 0 Å². The SMILES string of the molecule is CCCN1Cc2nc3c(-c4ccc(OC)c(OC)c4)c(F)ccc3c(N)c2C1=O. The summed E-state index contributed by atoms with van der Waals surface area (Å²) in [6, 6.07) is 8.10. The number of carbonyl (C=O) groups excluding carboxylic acids is 1. The number of nitrogens with zero attached hydrogens (tertiary/aromatic N) is 2. The second kappa shape index (κ2) is 7.24. The molecule has 2 heterocycles. The number of nitrogen functional groups attached to an aromatic ring is 1. The maximum atomic E-state index is 15.0. The maximum Gasteiger partial charge on any atom is 0.258 e. The van der Waals surface area contributed by atoms with Gasteiger partial charge < -0.3 is 20.1 Å². The monoisotopic (exact) mass is 395 g/mol. The van der Waals surface area contributed by atoms with Gasteiger partial charge in [-0.2, -0.15) is 0 Å². The number of hydrogen-bond acceptors (Lipinski definition) is 5. The van der Waals surface area contributed by atoms with Crippen molar-refractivity contribution in [1.82, 2.24) is 9.88 Å². The molecule has 0 aliphatic carbocycles. The van der Waals surface area contributed by atoms with Crippen LogP contribution in [0.1, 0.15) is 29.4 Å². The third-order valence-corrected chi connectivity index (χ3v) is 5.23. The molecular weight excluding hydrogens is 373 g/mol. The smallest absolute Gasteiger partial charge is 0.258 e. The van der Waals surface area contributed by atoms with Crippen molar-refractivity contribution >= 4 is 22.5 Å². The molecule has 1 aliphatic rings. The number of methoxy groups -OCH3 is 2. The van der Waals surface area contributed by atoms with Crippen LogP contribution >= 0.6 is 0 Å². The van der Waals surface area contributed by atoms with Gasteiger partial charge in [-0.3, -0.25) is 4.79 Å². The highest BCUT2D eigenvalue weighted by Crippen LogP contribution is 2.40. The molecule has 1 aliphatic heterocycles. The van der Waals surface area contributed by atoms with Gasteiger partial charge in [0, 0.05) is 17.5 Å². The topological polar surface area (TPSA) is 77.7 Å². The minimum atomic E-state index is -0.425. The van der Waals surface area contributed by atoms with E-state index in [4.69, 9.17) is 15.2 Å². The summed E-state index contributed by atoms with van der Waals surface area (Å²) >= 11 is 0. The summed E-state index contributed by atoms with van der Waals surface area (Å²) in [7, 11) is 3.07. The van der Waals surface area contributed by atoms with Gasteiger partial charge in [0.1, 0.15) is 5.82 Å². The van der Waals surface area contributed by atoms with Crippen molar-refractivity contribution < 1.29 is 18.7 Å². The fourth-order valence-corrected chi connectivity index (χ4v) is 3.86. The van der Waals surface area contributed by atoms with E-state index in [9.17, 15) is 9.18 Å². The molecule has 7 heteroatoms. The number of pyridine rings is 1. The number of benzene rings is 2. The molecule has 150 valence electrons. The van der Waals surface area contributed by atoms with E-state index in [1.54, 1.807) is 36.3 Å². The molecule has 1 amide bonds. The number of rotatable bonds is 5. The van der Waals surface area contributed by atoms with E-state index in [0.717, 1.165) is 6.42 Å². The number of nitrogens with two attached hydrogens (primary N) is 1. The summed E-state index contributed by atoms with van der Waals surface area (Å²) < 4.78 is 25.6. The minimum Gasteiger partial charge on any atom is -0.493 e. The molecule has 3 aromatic rings. The van der Waals surface area contributed by atoms with Crippen molar-refractivity contribution in [2.45, 2.75) is 19.9 Å². The zero-order chi connectivity index (χ0) is 20.7. The lowest BCUT2D eigenvalue weighted by Crippen LogP contribution is -2.24. The number of carbonyl (C=O) groups is 1. The Labute approximate surface area is 168 Å². The lowest BCUT2D eigenvalue weighted by Gasteiger charge is -2.14. The van der Waals surface area contributed by atoms with Crippen molar-refractivity contribution in [3.63, 3.8) is 0 Å². The number of halogens is 1. The van der Waals surface area contributed by atoms with Crippen LogP contribution in [0, 0.1) is 5.82 Å². The number of ether oxygens (including phenoxy) is 2. The summed E-state index contributed by atoms with van der Waals surface area (Å²) in [6.07, 6.45) is 0.838. The predicted octanol–water partition coefficient (Wildman–Crippen LogP) is 4.01. The zero-order valence-electron chi connectivity index (χ0n) is 16.6. The van der Waals surface area contributed by atoms with E-state index < -0.39 is 5.82 Å². The summed E-state index contributed by atoms with van der Waals surface area (Å²) in [5.41, 5.74) is 9.06. The molecule has 2 N–H and O–H groups in total. The number of hydrogen-bond donors (Lipinski definition) is 1. The van der Waals surface area contributed by atoms with Gasteiger partial charge in [0.2, 0.25) is 0 Å². The van der Waals surface area contributed by atoms with Gasteiger partial charge in [-0.15, -0.1) is 0 Å². The minimum absolute atomic E-state index is 0.120. The average Bonchev–Trinajstić information content (AvgIpc) is 3.03. The summed E-state index contributed by atoms with van der Waals surface area (Å²) in [5.74, 6) is 0.489. The van der Waals surface area contributed by atoms with Crippen LogP contribution in [0.2, 0.25) is 0 Å². The molecule has 0 spiro atoms. The summed E-state index contributed by atoms with van der Waals surface area (Å²) in [5, 5.41) is 0.557. The molecule has 6 nitrogen and oxygen atoms in total. The molecule has 2 aromatic carbocycles. The van der Waals surface area contributed by atoms with E-state index >= 15 is 0 Å². The van der Waals surface area contributed by atoms with Crippen LogP contribution in [0.25, 0.3) is 22.0 Å². The third kappa shape index (κ3) is 2.93. The van der Waals surface area contributed by atoms with Gasteiger partial charge in [0.05, 0.1) is 43.2 Å². The number of aromatic nitrogens is 1. The first-order valence-corrected chi connectivity index (χ1v) is 9.42.